The summed E-state index contributed by atoms with van der Waals surface area (Å²) in [6.07, 6.45) is 6.29. The van der Waals surface area contributed by atoms with E-state index in [2.05, 4.69) is 138 Å². The number of nitrogens with one attached hydrogen (secondary N) is 2. The SMILES string of the molecule is C1=Cc2sc3cccc(C4NC(c5cccc6c5oc5c(-c7cccc8c7oc7ccccc78)cccc56)=NC(c5ccccc5)N4)c3c2CC1. The van der Waals surface area contributed by atoms with Crippen LogP contribution in [0.15, 0.2) is 147 Å². The Balaban J connectivity index is 1.09. The number of thiophene rings is 1. The summed E-state index contributed by atoms with van der Waals surface area (Å²) in [6, 6.07) is 44.5. The lowest BCUT2D eigenvalue weighted by Crippen LogP contribution is -2.45. The summed E-state index contributed by atoms with van der Waals surface area (Å²) in [4.78, 5) is 6.70. The minimum absolute atomic E-state index is 0.170. The van der Waals surface area contributed by atoms with Crippen molar-refractivity contribution in [2.24, 2.45) is 4.99 Å². The zero-order chi connectivity index (χ0) is 33.5. The lowest BCUT2D eigenvalue weighted by molar-refractivity contribution is 0.411. The largest absolute Gasteiger partial charge is 0.455 e. The standard InChI is InChI=1S/C45H31N3O2S/c1-2-12-26(13-3-1)43-46-44(34-21-11-25-38-39(34)33-15-5-7-24-37(33)51-38)48-45(47-43)35-22-10-20-32-31-19-9-18-30(41(31)50-42(32)35)29-17-8-16-28-27-14-4-6-23-36(27)49-40(28)29/h1-4,6-14,16-25,43-44,46H,5,15H2,(H,47,48). The second kappa shape index (κ2) is 11.3. The molecular weight excluding hydrogens is 647 g/mol. The Kier molecular flexibility index (Phi) is 6.38. The molecule has 2 unspecified atom stereocenters. The highest BCUT2D eigenvalue weighted by Crippen LogP contribution is 2.43. The Labute approximate surface area is 297 Å². The van der Waals surface area contributed by atoms with E-state index in [4.69, 9.17) is 13.8 Å². The summed E-state index contributed by atoms with van der Waals surface area (Å²) in [6.45, 7) is 0. The van der Waals surface area contributed by atoms with E-state index in [1.807, 2.05) is 23.5 Å². The molecule has 3 aromatic heterocycles. The molecule has 0 bridgehead atoms. The molecule has 244 valence electrons. The van der Waals surface area contributed by atoms with Crippen molar-refractivity contribution in [2.45, 2.75) is 25.2 Å². The summed E-state index contributed by atoms with van der Waals surface area (Å²) in [7, 11) is 0. The van der Waals surface area contributed by atoms with Crippen LogP contribution in [0.3, 0.4) is 0 Å². The van der Waals surface area contributed by atoms with Gasteiger partial charge in [-0.3, -0.25) is 5.32 Å². The highest BCUT2D eigenvalue weighted by atomic mass is 32.1. The topological polar surface area (TPSA) is 62.7 Å². The minimum Gasteiger partial charge on any atom is -0.455 e. The van der Waals surface area contributed by atoms with E-state index in [-0.39, 0.29) is 12.3 Å². The highest BCUT2D eigenvalue weighted by Gasteiger charge is 2.30. The third-order valence-electron chi connectivity index (χ3n) is 10.5. The monoisotopic (exact) mass is 677 g/mol. The van der Waals surface area contributed by atoms with Crippen molar-refractivity contribution in [3.63, 3.8) is 0 Å². The summed E-state index contributed by atoms with van der Waals surface area (Å²) in [5.41, 5.74) is 10.1. The van der Waals surface area contributed by atoms with Gasteiger partial charge in [0.1, 0.15) is 40.5 Å². The maximum absolute atomic E-state index is 6.97. The fraction of sp³-hybridized carbons (Fsp3) is 0.0889. The van der Waals surface area contributed by atoms with Crippen LogP contribution >= 0.6 is 11.3 Å². The van der Waals surface area contributed by atoms with Crippen molar-refractivity contribution < 1.29 is 8.83 Å². The van der Waals surface area contributed by atoms with Gasteiger partial charge in [-0.15, -0.1) is 11.3 Å². The molecule has 2 aliphatic rings. The molecule has 2 atom stereocenters. The van der Waals surface area contributed by atoms with Gasteiger partial charge in [-0.2, -0.15) is 0 Å². The summed E-state index contributed by atoms with van der Waals surface area (Å²) in [5.74, 6) is 0.805. The van der Waals surface area contributed by atoms with Crippen LogP contribution in [0.2, 0.25) is 0 Å². The molecule has 1 aliphatic carbocycles. The molecule has 0 saturated carbocycles. The molecule has 0 amide bonds. The minimum atomic E-state index is -0.252. The first-order valence-corrected chi connectivity index (χ1v) is 18.3. The summed E-state index contributed by atoms with van der Waals surface area (Å²) in [5, 5.41) is 13.4. The number of aliphatic imine (C=N–C) groups is 1. The third kappa shape index (κ3) is 4.47. The summed E-state index contributed by atoms with van der Waals surface area (Å²) >= 11 is 1.88. The molecule has 0 radical (unpaired) electrons. The first-order chi connectivity index (χ1) is 25.3. The summed E-state index contributed by atoms with van der Waals surface area (Å²) < 4.78 is 14.8. The molecule has 51 heavy (non-hydrogen) atoms. The molecule has 0 spiro atoms. The molecule has 9 aromatic rings. The molecule has 11 rings (SSSR count). The Morgan fingerprint density at radius 1 is 0.627 bits per heavy atom. The molecule has 1 aliphatic heterocycles. The maximum atomic E-state index is 6.97. The average Bonchev–Trinajstić information content (AvgIpc) is 3.89. The lowest BCUT2D eigenvalue weighted by atomic mass is 9.96. The van der Waals surface area contributed by atoms with Crippen molar-refractivity contribution in [1.82, 2.24) is 10.6 Å². The van der Waals surface area contributed by atoms with E-state index in [1.165, 1.54) is 26.1 Å². The van der Waals surface area contributed by atoms with Crippen molar-refractivity contribution in [1.29, 1.82) is 0 Å². The number of rotatable bonds is 4. The number of fused-ring (bicyclic) bond motifs is 9. The van der Waals surface area contributed by atoms with Gasteiger partial charge in [0.2, 0.25) is 0 Å². The van der Waals surface area contributed by atoms with Crippen molar-refractivity contribution in [3.05, 3.63) is 161 Å². The van der Waals surface area contributed by atoms with Crippen LogP contribution < -0.4 is 10.6 Å². The Hall–Kier alpha value is -5.95. The van der Waals surface area contributed by atoms with Crippen LogP contribution in [0.5, 0.6) is 0 Å². The maximum Gasteiger partial charge on any atom is 0.146 e. The molecule has 6 heteroatoms. The highest BCUT2D eigenvalue weighted by molar-refractivity contribution is 7.20. The molecule has 4 heterocycles. The first kappa shape index (κ1) is 28.8. The van der Waals surface area contributed by atoms with E-state index in [1.54, 1.807) is 0 Å². The van der Waals surface area contributed by atoms with E-state index < -0.39 is 0 Å². The quantitative estimate of drug-likeness (QED) is 0.195. The predicted molar refractivity (Wildman–Crippen MR) is 210 cm³/mol. The Bertz CT molecular complexity index is 2890. The zero-order valence-corrected chi connectivity index (χ0v) is 28.3. The van der Waals surface area contributed by atoms with Crippen LogP contribution in [-0.4, -0.2) is 5.84 Å². The van der Waals surface area contributed by atoms with E-state index in [0.717, 1.165) is 84.8 Å². The predicted octanol–water partition coefficient (Wildman–Crippen LogP) is 11.7. The van der Waals surface area contributed by atoms with Crippen molar-refractivity contribution in [2.75, 3.05) is 0 Å². The van der Waals surface area contributed by atoms with Crippen LogP contribution in [0.25, 0.3) is 71.2 Å². The van der Waals surface area contributed by atoms with Crippen LogP contribution in [0.4, 0.5) is 0 Å². The van der Waals surface area contributed by atoms with Gasteiger partial charge in [0.25, 0.3) is 0 Å². The van der Waals surface area contributed by atoms with Gasteiger partial charge in [0.05, 0.1) is 5.56 Å². The number of furan rings is 2. The molecular formula is C45H31N3O2S. The smallest absolute Gasteiger partial charge is 0.146 e. The Morgan fingerprint density at radius 3 is 2.12 bits per heavy atom. The first-order valence-electron chi connectivity index (χ1n) is 17.5. The van der Waals surface area contributed by atoms with Crippen molar-refractivity contribution in [3.8, 4) is 11.1 Å². The third-order valence-corrected chi connectivity index (χ3v) is 11.6. The molecule has 6 aromatic carbocycles. The molecule has 5 nitrogen and oxygen atoms in total. The van der Waals surface area contributed by atoms with Crippen LogP contribution in [0, 0.1) is 0 Å². The number of allylic oxidation sites excluding steroid dienone is 1. The van der Waals surface area contributed by atoms with Gasteiger partial charge in [0.15, 0.2) is 0 Å². The molecule has 0 fully saturated rings. The number of nitrogens with zero attached hydrogens (tertiary/aromatic N) is 1. The number of para-hydroxylation sites is 4. The van der Waals surface area contributed by atoms with Crippen LogP contribution in [-0.2, 0) is 6.42 Å². The van der Waals surface area contributed by atoms with Gasteiger partial charge in [-0.25, -0.2) is 4.99 Å². The number of hydrogen-bond donors (Lipinski definition) is 2. The normalized spacial score (nSPS) is 17.4. The van der Waals surface area contributed by atoms with Crippen molar-refractivity contribution >= 4 is 77.2 Å². The van der Waals surface area contributed by atoms with Gasteiger partial charge in [0, 0.05) is 47.6 Å². The zero-order valence-electron chi connectivity index (χ0n) is 27.5. The number of hydrogen-bond acceptors (Lipinski definition) is 6. The number of aryl methyl sites for hydroxylation is 1. The fourth-order valence-electron chi connectivity index (χ4n) is 8.14. The number of amidine groups is 1. The number of benzene rings is 6. The van der Waals surface area contributed by atoms with Gasteiger partial charge < -0.3 is 14.2 Å². The van der Waals surface area contributed by atoms with Crippen LogP contribution in [0.1, 0.15) is 45.9 Å². The second-order valence-corrected chi connectivity index (χ2v) is 14.5. The van der Waals surface area contributed by atoms with Gasteiger partial charge in [-0.1, -0.05) is 115 Å². The van der Waals surface area contributed by atoms with E-state index in [0.29, 0.717) is 0 Å². The van der Waals surface area contributed by atoms with E-state index in [9.17, 15) is 0 Å². The molecule has 0 saturated heterocycles. The second-order valence-electron chi connectivity index (χ2n) is 13.4. The fourth-order valence-corrected chi connectivity index (χ4v) is 9.36. The van der Waals surface area contributed by atoms with Gasteiger partial charge >= 0.3 is 0 Å². The van der Waals surface area contributed by atoms with E-state index >= 15 is 0 Å². The lowest BCUT2D eigenvalue weighted by Gasteiger charge is -2.32. The van der Waals surface area contributed by atoms with Gasteiger partial charge in [-0.05, 0) is 53.8 Å². The molecule has 2 N–H and O–H groups in total. The Morgan fingerprint density at radius 2 is 1.29 bits per heavy atom. The average molecular weight is 678 g/mol.